The number of carbonyl (C=O) groups is 1. The third-order valence-electron chi connectivity index (χ3n) is 4.92. The van der Waals surface area contributed by atoms with Gasteiger partial charge in [0.15, 0.2) is 5.65 Å². The van der Waals surface area contributed by atoms with Gasteiger partial charge in [0.05, 0.1) is 29.3 Å². The lowest BCUT2D eigenvalue weighted by Crippen LogP contribution is -2.34. The van der Waals surface area contributed by atoms with E-state index in [-0.39, 0.29) is 11.9 Å². The molecule has 2 atom stereocenters. The number of benzene rings is 1. The standard InChI is InChI=1S/C20H22N4O2/c1-11(2)24-19-16(10-21-24)15(8-12(3)22-19)20(26)23-18-14-7-5-4-6-13(14)9-17(18)25/h4-8,10-11,17-18,25H,9H2,1-3H3,(H,23,26)/t17-,18+/m0/s1. The summed E-state index contributed by atoms with van der Waals surface area (Å²) in [4.78, 5) is 17.6. The molecule has 6 heteroatoms. The predicted molar refractivity (Wildman–Crippen MR) is 99.0 cm³/mol. The van der Waals surface area contributed by atoms with E-state index in [0.29, 0.717) is 17.6 Å². The van der Waals surface area contributed by atoms with Gasteiger partial charge in [0.2, 0.25) is 0 Å². The largest absolute Gasteiger partial charge is 0.390 e. The van der Waals surface area contributed by atoms with Crippen molar-refractivity contribution in [1.29, 1.82) is 0 Å². The van der Waals surface area contributed by atoms with Gasteiger partial charge in [-0.1, -0.05) is 24.3 Å². The fourth-order valence-electron chi connectivity index (χ4n) is 3.68. The van der Waals surface area contributed by atoms with Gasteiger partial charge in [0.25, 0.3) is 5.91 Å². The predicted octanol–water partition coefficient (Wildman–Crippen LogP) is 2.71. The number of aliphatic hydroxyl groups excluding tert-OH is 1. The Morgan fingerprint density at radius 2 is 2.12 bits per heavy atom. The minimum Gasteiger partial charge on any atom is -0.390 e. The molecule has 6 nitrogen and oxygen atoms in total. The van der Waals surface area contributed by atoms with Gasteiger partial charge in [-0.25, -0.2) is 9.67 Å². The third kappa shape index (κ3) is 2.66. The first kappa shape index (κ1) is 16.7. The highest BCUT2D eigenvalue weighted by Crippen LogP contribution is 2.32. The third-order valence-corrected chi connectivity index (χ3v) is 4.92. The van der Waals surface area contributed by atoms with Gasteiger partial charge in [-0.05, 0) is 38.0 Å². The molecule has 26 heavy (non-hydrogen) atoms. The highest BCUT2D eigenvalue weighted by Gasteiger charge is 2.32. The molecular weight excluding hydrogens is 328 g/mol. The number of fused-ring (bicyclic) bond motifs is 2. The summed E-state index contributed by atoms with van der Waals surface area (Å²) in [5, 5.41) is 18.5. The maximum atomic E-state index is 13.0. The zero-order chi connectivity index (χ0) is 18.4. The average molecular weight is 350 g/mol. The summed E-state index contributed by atoms with van der Waals surface area (Å²) >= 11 is 0. The van der Waals surface area contributed by atoms with Crippen LogP contribution in [0.5, 0.6) is 0 Å². The number of hydrogen-bond donors (Lipinski definition) is 2. The second kappa shape index (κ2) is 6.21. The van der Waals surface area contributed by atoms with E-state index < -0.39 is 12.1 Å². The van der Waals surface area contributed by atoms with Crippen LogP contribution in [-0.4, -0.2) is 31.9 Å². The molecule has 0 fully saturated rings. The minimum absolute atomic E-state index is 0.154. The van der Waals surface area contributed by atoms with E-state index >= 15 is 0 Å². The van der Waals surface area contributed by atoms with Crippen molar-refractivity contribution in [3.63, 3.8) is 0 Å². The van der Waals surface area contributed by atoms with Crippen LogP contribution in [0.15, 0.2) is 36.5 Å². The Labute approximate surface area is 151 Å². The number of hydrogen-bond acceptors (Lipinski definition) is 4. The number of amides is 1. The van der Waals surface area contributed by atoms with Gasteiger partial charge in [-0.15, -0.1) is 0 Å². The van der Waals surface area contributed by atoms with Crippen molar-refractivity contribution in [3.8, 4) is 0 Å². The Balaban J connectivity index is 1.71. The first-order chi connectivity index (χ1) is 12.5. The highest BCUT2D eigenvalue weighted by molar-refractivity contribution is 6.05. The molecule has 2 N–H and O–H groups in total. The molecule has 1 aliphatic carbocycles. The van der Waals surface area contributed by atoms with Crippen LogP contribution in [0.1, 0.15) is 53.1 Å². The van der Waals surface area contributed by atoms with Crippen molar-refractivity contribution in [2.24, 2.45) is 0 Å². The van der Waals surface area contributed by atoms with E-state index in [1.54, 1.807) is 12.3 Å². The number of rotatable bonds is 3. The van der Waals surface area contributed by atoms with E-state index in [4.69, 9.17) is 0 Å². The molecule has 1 aliphatic rings. The Kier molecular flexibility index (Phi) is 4.00. The molecular formula is C20H22N4O2. The minimum atomic E-state index is -0.617. The summed E-state index contributed by atoms with van der Waals surface area (Å²) in [5.74, 6) is -0.218. The molecule has 0 bridgehead atoms. The van der Waals surface area contributed by atoms with Crippen molar-refractivity contribution in [3.05, 3.63) is 58.9 Å². The summed E-state index contributed by atoms with van der Waals surface area (Å²) in [6.07, 6.45) is 1.63. The molecule has 0 saturated heterocycles. The molecule has 0 radical (unpaired) electrons. The van der Waals surface area contributed by atoms with Crippen molar-refractivity contribution in [2.75, 3.05) is 0 Å². The second-order valence-corrected chi connectivity index (χ2v) is 7.15. The molecule has 1 aromatic carbocycles. The quantitative estimate of drug-likeness (QED) is 0.761. The van der Waals surface area contributed by atoms with Crippen molar-refractivity contribution < 1.29 is 9.90 Å². The lowest BCUT2D eigenvalue weighted by molar-refractivity contribution is 0.0859. The van der Waals surface area contributed by atoms with Gasteiger partial charge >= 0.3 is 0 Å². The normalized spacial score (nSPS) is 19.1. The summed E-state index contributed by atoms with van der Waals surface area (Å²) in [6.45, 7) is 5.93. The maximum Gasteiger partial charge on any atom is 0.252 e. The summed E-state index contributed by atoms with van der Waals surface area (Å²) in [7, 11) is 0. The summed E-state index contributed by atoms with van der Waals surface area (Å²) in [6, 6.07) is 9.36. The van der Waals surface area contributed by atoms with Crippen LogP contribution in [0.2, 0.25) is 0 Å². The van der Waals surface area contributed by atoms with Gasteiger partial charge in [0.1, 0.15) is 0 Å². The number of aryl methyl sites for hydroxylation is 1. The van der Waals surface area contributed by atoms with Crippen LogP contribution < -0.4 is 5.32 Å². The van der Waals surface area contributed by atoms with E-state index in [1.165, 1.54) is 0 Å². The van der Waals surface area contributed by atoms with Crippen molar-refractivity contribution in [1.82, 2.24) is 20.1 Å². The highest BCUT2D eigenvalue weighted by atomic mass is 16.3. The van der Waals surface area contributed by atoms with E-state index in [2.05, 4.69) is 15.4 Å². The van der Waals surface area contributed by atoms with Crippen LogP contribution >= 0.6 is 0 Å². The molecule has 134 valence electrons. The van der Waals surface area contributed by atoms with Crippen LogP contribution in [0.4, 0.5) is 0 Å². The molecule has 0 saturated carbocycles. The fraction of sp³-hybridized carbons (Fsp3) is 0.350. The van der Waals surface area contributed by atoms with Crippen LogP contribution in [0, 0.1) is 6.92 Å². The maximum absolute atomic E-state index is 13.0. The molecule has 0 unspecified atom stereocenters. The lowest BCUT2D eigenvalue weighted by atomic mass is 10.1. The van der Waals surface area contributed by atoms with Gasteiger partial charge in [-0.2, -0.15) is 5.10 Å². The van der Waals surface area contributed by atoms with Gasteiger partial charge in [0, 0.05) is 18.2 Å². The first-order valence-corrected chi connectivity index (χ1v) is 8.87. The number of pyridine rings is 1. The first-order valence-electron chi connectivity index (χ1n) is 8.87. The Bertz CT molecular complexity index is 993. The molecule has 2 heterocycles. The topological polar surface area (TPSA) is 80.0 Å². The van der Waals surface area contributed by atoms with E-state index in [0.717, 1.165) is 22.2 Å². The SMILES string of the molecule is Cc1cc(C(=O)N[C@@H]2c3ccccc3C[C@@H]2O)c2cnn(C(C)C)c2n1. The molecule has 0 spiro atoms. The van der Waals surface area contributed by atoms with Crippen molar-refractivity contribution in [2.45, 2.75) is 45.4 Å². The lowest BCUT2D eigenvalue weighted by Gasteiger charge is -2.18. The van der Waals surface area contributed by atoms with Gasteiger partial charge in [-0.3, -0.25) is 4.79 Å². The molecule has 3 aromatic rings. The Hall–Kier alpha value is -2.73. The van der Waals surface area contributed by atoms with Crippen LogP contribution in [0.25, 0.3) is 11.0 Å². The zero-order valence-corrected chi connectivity index (χ0v) is 15.1. The average Bonchev–Trinajstić information content (AvgIpc) is 3.15. The zero-order valence-electron chi connectivity index (χ0n) is 15.1. The molecule has 2 aromatic heterocycles. The summed E-state index contributed by atoms with van der Waals surface area (Å²) in [5.41, 5.74) is 4.06. The fourth-order valence-corrected chi connectivity index (χ4v) is 3.68. The van der Waals surface area contributed by atoms with Crippen LogP contribution in [0.3, 0.4) is 0 Å². The van der Waals surface area contributed by atoms with Crippen LogP contribution in [-0.2, 0) is 6.42 Å². The molecule has 4 rings (SSSR count). The number of aliphatic hydroxyl groups is 1. The number of aromatic nitrogens is 3. The number of nitrogens with one attached hydrogen (secondary N) is 1. The molecule has 0 aliphatic heterocycles. The van der Waals surface area contributed by atoms with Gasteiger partial charge < -0.3 is 10.4 Å². The smallest absolute Gasteiger partial charge is 0.252 e. The van der Waals surface area contributed by atoms with E-state index in [9.17, 15) is 9.90 Å². The van der Waals surface area contributed by atoms with Crippen molar-refractivity contribution >= 4 is 16.9 Å². The summed E-state index contributed by atoms with van der Waals surface area (Å²) < 4.78 is 1.82. The number of carbonyl (C=O) groups excluding carboxylic acids is 1. The second-order valence-electron chi connectivity index (χ2n) is 7.15. The number of nitrogens with zero attached hydrogens (tertiary/aromatic N) is 3. The Morgan fingerprint density at radius 1 is 1.35 bits per heavy atom. The van der Waals surface area contributed by atoms with E-state index in [1.807, 2.05) is 49.7 Å². The molecule has 1 amide bonds. The monoisotopic (exact) mass is 350 g/mol. The Morgan fingerprint density at radius 3 is 2.88 bits per heavy atom.